The maximum atomic E-state index is 11.1. The molecule has 2 atom stereocenters. The summed E-state index contributed by atoms with van der Waals surface area (Å²) < 4.78 is 22.5. The fourth-order valence-corrected chi connectivity index (χ4v) is 3.52. The molecule has 4 nitrogen and oxygen atoms in total. The van der Waals surface area contributed by atoms with Crippen LogP contribution in [-0.2, 0) is 20.3 Å². The third-order valence-electron chi connectivity index (χ3n) is 3.92. The third kappa shape index (κ3) is 4.02. The van der Waals surface area contributed by atoms with E-state index in [2.05, 4.69) is 12.2 Å². The first-order valence-corrected chi connectivity index (χ1v) is 8.66. The minimum atomic E-state index is -0.680. The summed E-state index contributed by atoms with van der Waals surface area (Å²) in [6.45, 7) is 3.67. The molecule has 0 aromatic heterocycles. The van der Waals surface area contributed by atoms with E-state index in [1.807, 2.05) is 0 Å². The molecule has 5 heteroatoms. The first-order valence-electron chi connectivity index (χ1n) is 6.94. The van der Waals surface area contributed by atoms with E-state index in [-0.39, 0.29) is 5.79 Å². The van der Waals surface area contributed by atoms with Crippen LogP contribution in [0.25, 0.3) is 0 Å². The van der Waals surface area contributed by atoms with E-state index in [1.54, 1.807) is 6.26 Å². The molecule has 1 N–H and O–H groups in total. The summed E-state index contributed by atoms with van der Waals surface area (Å²) in [6.07, 6.45) is 6.97. The highest BCUT2D eigenvalue weighted by molar-refractivity contribution is 7.84. The zero-order valence-electron chi connectivity index (χ0n) is 11.4. The Balaban J connectivity index is 1.68. The lowest BCUT2D eigenvalue weighted by molar-refractivity contribution is -0.179. The average Bonchev–Trinajstić information content (AvgIpc) is 2.79. The van der Waals surface area contributed by atoms with Crippen LogP contribution in [-0.4, -0.2) is 47.3 Å². The molecule has 1 aliphatic carbocycles. The third-order valence-corrected chi connectivity index (χ3v) is 4.73. The van der Waals surface area contributed by atoms with E-state index in [0.29, 0.717) is 12.1 Å². The van der Waals surface area contributed by atoms with Crippen molar-refractivity contribution in [3.8, 4) is 0 Å². The molecule has 1 saturated carbocycles. The number of rotatable bonds is 5. The molecule has 1 spiro atoms. The van der Waals surface area contributed by atoms with Crippen LogP contribution in [0.15, 0.2) is 0 Å². The molecule has 2 unspecified atom stereocenters. The summed E-state index contributed by atoms with van der Waals surface area (Å²) in [5.41, 5.74) is 0. The lowest BCUT2D eigenvalue weighted by Crippen LogP contribution is -2.45. The van der Waals surface area contributed by atoms with E-state index in [0.717, 1.165) is 51.1 Å². The molecular formula is C13H25NO3S. The predicted molar refractivity (Wildman–Crippen MR) is 73.0 cm³/mol. The van der Waals surface area contributed by atoms with Gasteiger partial charge in [-0.2, -0.15) is 0 Å². The van der Waals surface area contributed by atoms with Gasteiger partial charge in [-0.3, -0.25) is 4.21 Å². The molecule has 0 aromatic carbocycles. The molecule has 1 aliphatic heterocycles. The maximum absolute atomic E-state index is 11.1. The summed E-state index contributed by atoms with van der Waals surface area (Å²) in [5, 5.41) is 3.63. The molecular weight excluding hydrogens is 250 g/mol. The summed E-state index contributed by atoms with van der Waals surface area (Å²) >= 11 is 0. The van der Waals surface area contributed by atoms with Crippen molar-refractivity contribution in [3.63, 3.8) is 0 Å². The molecule has 18 heavy (non-hydrogen) atoms. The quantitative estimate of drug-likeness (QED) is 0.824. The van der Waals surface area contributed by atoms with Gasteiger partial charge in [0.05, 0.1) is 13.2 Å². The molecule has 1 heterocycles. The minimum absolute atomic E-state index is 0.258. The number of hydrogen-bond donors (Lipinski definition) is 1. The van der Waals surface area contributed by atoms with Crippen LogP contribution < -0.4 is 5.32 Å². The SMILES string of the molecule is CC(CCS(C)=O)NC1CCC2(CC1)OCCO2. The van der Waals surface area contributed by atoms with Crippen molar-refractivity contribution >= 4 is 10.8 Å². The highest BCUT2D eigenvalue weighted by atomic mass is 32.2. The fraction of sp³-hybridized carbons (Fsp3) is 1.00. The second-order valence-electron chi connectivity index (χ2n) is 5.52. The highest BCUT2D eigenvalue weighted by Gasteiger charge is 2.40. The average molecular weight is 275 g/mol. The topological polar surface area (TPSA) is 47.6 Å². The van der Waals surface area contributed by atoms with Gasteiger partial charge in [-0.1, -0.05) is 0 Å². The lowest BCUT2D eigenvalue weighted by Gasteiger charge is -2.36. The van der Waals surface area contributed by atoms with Crippen molar-refractivity contribution in [1.29, 1.82) is 0 Å². The van der Waals surface area contributed by atoms with Gasteiger partial charge in [-0.25, -0.2) is 0 Å². The monoisotopic (exact) mass is 275 g/mol. The van der Waals surface area contributed by atoms with Crippen molar-refractivity contribution in [2.24, 2.45) is 0 Å². The lowest BCUT2D eigenvalue weighted by atomic mass is 9.89. The Labute approximate surface area is 112 Å². The second kappa shape index (κ2) is 6.46. The van der Waals surface area contributed by atoms with Crippen LogP contribution >= 0.6 is 0 Å². The van der Waals surface area contributed by atoms with Gasteiger partial charge < -0.3 is 14.8 Å². The van der Waals surface area contributed by atoms with Gasteiger partial charge in [0.15, 0.2) is 5.79 Å². The summed E-state index contributed by atoms with van der Waals surface area (Å²) in [6, 6.07) is 1.00. The Morgan fingerprint density at radius 3 is 2.50 bits per heavy atom. The van der Waals surface area contributed by atoms with Crippen molar-refractivity contribution in [2.75, 3.05) is 25.2 Å². The Kier molecular flexibility index (Phi) is 5.18. The van der Waals surface area contributed by atoms with Crippen molar-refractivity contribution in [3.05, 3.63) is 0 Å². The van der Waals surface area contributed by atoms with Crippen molar-refractivity contribution in [1.82, 2.24) is 5.32 Å². The standard InChI is InChI=1S/C13H25NO3S/c1-11(5-10-18(2)15)14-12-3-6-13(7-4-12)16-8-9-17-13/h11-12,14H,3-10H2,1-2H3. The summed E-state index contributed by atoms with van der Waals surface area (Å²) in [7, 11) is -0.680. The van der Waals surface area contributed by atoms with Crippen LogP contribution in [0.1, 0.15) is 39.0 Å². The second-order valence-corrected chi connectivity index (χ2v) is 7.07. The van der Waals surface area contributed by atoms with Crippen LogP contribution in [0.2, 0.25) is 0 Å². The first kappa shape index (κ1) is 14.4. The predicted octanol–water partition coefficient (Wildman–Crippen LogP) is 1.42. The fourth-order valence-electron chi connectivity index (χ4n) is 2.84. The van der Waals surface area contributed by atoms with Crippen molar-refractivity contribution in [2.45, 2.75) is 56.9 Å². The number of ether oxygens (including phenoxy) is 2. The smallest absolute Gasteiger partial charge is 0.168 e. The zero-order valence-corrected chi connectivity index (χ0v) is 12.3. The summed E-state index contributed by atoms with van der Waals surface area (Å²) in [5.74, 6) is 0.531. The van der Waals surface area contributed by atoms with E-state index in [9.17, 15) is 4.21 Å². The first-order chi connectivity index (χ1) is 8.60. The molecule has 2 rings (SSSR count). The zero-order chi connectivity index (χ0) is 13.0. The molecule has 0 amide bonds. The van der Waals surface area contributed by atoms with Crippen LogP contribution in [0, 0.1) is 0 Å². The Morgan fingerprint density at radius 2 is 1.94 bits per heavy atom. The normalized spacial score (nSPS) is 27.4. The molecule has 1 saturated heterocycles. The number of nitrogens with one attached hydrogen (secondary N) is 1. The summed E-state index contributed by atoms with van der Waals surface area (Å²) in [4.78, 5) is 0. The largest absolute Gasteiger partial charge is 0.348 e. The Morgan fingerprint density at radius 1 is 1.33 bits per heavy atom. The van der Waals surface area contributed by atoms with Gasteiger partial charge in [0, 0.05) is 47.7 Å². The molecule has 2 fully saturated rings. The highest BCUT2D eigenvalue weighted by Crippen LogP contribution is 2.35. The van der Waals surface area contributed by atoms with E-state index >= 15 is 0 Å². The van der Waals surface area contributed by atoms with E-state index in [1.165, 1.54) is 0 Å². The Hall–Kier alpha value is 0.0300. The van der Waals surface area contributed by atoms with Gasteiger partial charge in [-0.05, 0) is 26.2 Å². The molecule has 0 aromatic rings. The Bertz CT molecular complexity index is 282. The van der Waals surface area contributed by atoms with Crippen LogP contribution in [0.5, 0.6) is 0 Å². The number of hydrogen-bond acceptors (Lipinski definition) is 4. The van der Waals surface area contributed by atoms with Gasteiger partial charge in [0.1, 0.15) is 0 Å². The van der Waals surface area contributed by atoms with Gasteiger partial charge in [-0.15, -0.1) is 0 Å². The molecule has 106 valence electrons. The van der Waals surface area contributed by atoms with Gasteiger partial charge >= 0.3 is 0 Å². The van der Waals surface area contributed by atoms with Gasteiger partial charge in [0.2, 0.25) is 0 Å². The minimum Gasteiger partial charge on any atom is -0.348 e. The van der Waals surface area contributed by atoms with Crippen LogP contribution in [0.3, 0.4) is 0 Å². The molecule has 0 radical (unpaired) electrons. The van der Waals surface area contributed by atoms with Gasteiger partial charge in [0.25, 0.3) is 0 Å². The molecule has 2 aliphatic rings. The maximum Gasteiger partial charge on any atom is 0.168 e. The molecule has 0 bridgehead atoms. The van der Waals surface area contributed by atoms with Crippen molar-refractivity contribution < 1.29 is 13.7 Å². The van der Waals surface area contributed by atoms with Crippen LogP contribution in [0.4, 0.5) is 0 Å². The van der Waals surface area contributed by atoms with E-state index in [4.69, 9.17) is 9.47 Å². The van der Waals surface area contributed by atoms with E-state index < -0.39 is 10.8 Å².